The lowest BCUT2D eigenvalue weighted by molar-refractivity contribution is -0.157. The molecular formula is C32H32ClN3O4. The van der Waals surface area contributed by atoms with Gasteiger partial charge in [-0.1, -0.05) is 41.9 Å². The smallest absolute Gasteiger partial charge is 0.306 e. The van der Waals surface area contributed by atoms with Gasteiger partial charge in [-0.05, 0) is 74.6 Å². The molecule has 0 radical (unpaired) electrons. The largest absolute Gasteiger partial charge is 0.481 e. The number of carboxylic acid groups (broad SMARTS) is 1. The zero-order valence-corrected chi connectivity index (χ0v) is 23.4. The fourth-order valence-corrected chi connectivity index (χ4v) is 6.90. The SMILES string of the molecule is CCOc1cccc(-c2ccc(C(C)n3ncc4c(Cl)ccc(C(=O)CC5CC6(C5)CC(C(=O)O)C6)c43)cc2)n1. The predicted octanol–water partition coefficient (Wildman–Crippen LogP) is 7.22. The monoisotopic (exact) mass is 557 g/mol. The van der Waals surface area contributed by atoms with Crippen molar-refractivity contribution < 1.29 is 19.4 Å². The van der Waals surface area contributed by atoms with Crippen molar-refractivity contribution in [2.24, 2.45) is 17.3 Å². The van der Waals surface area contributed by atoms with Crippen LogP contribution < -0.4 is 4.74 Å². The van der Waals surface area contributed by atoms with Gasteiger partial charge in [0, 0.05) is 29.0 Å². The molecule has 6 rings (SSSR count). The molecule has 1 N–H and O–H groups in total. The van der Waals surface area contributed by atoms with Gasteiger partial charge in [-0.25, -0.2) is 4.98 Å². The van der Waals surface area contributed by atoms with Crippen LogP contribution >= 0.6 is 11.6 Å². The fourth-order valence-electron chi connectivity index (χ4n) is 6.70. The molecule has 0 amide bonds. The highest BCUT2D eigenvalue weighted by atomic mass is 35.5. The number of carbonyl (C=O) groups is 2. The maximum absolute atomic E-state index is 13.6. The van der Waals surface area contributed by atoms with Gasteiger partial charge in [0.25, 0.3) is 0 Å². The van der Waals surface area contributed by atoms with E-state index in [9.17, 15) is 14.7 Å². The molecule has 2 aliphatic rings. The van der Waals surface area contributed by atoms with Crippen molar-refractivity contribution in [2.45, 2.75) is 52.0 Å². The molecule has 0 bridgehead atoms. The second-order valence-electron chi connectivity index (χ2n) is 11.4. The zero-order chi connectivity index (χ0) is 28.0. The fraction of sp³-hybridized carbons (Fsp3) is 0.375. The first-order valence-corrected chi connectivity index (χ1v) is 14.3. The van der Waals surface area contributed by atoms with Crippen LogP contribution in [-0.2, 0) is 4.79 Å². The summed E-state index contributed by atoms with van der Waals surface area (Å²) >= 11 is 6.54. The molecule has 0 saturated heterocycles. The minimum Gasteiger partial charge on any atom is -0.481 e. The summed E-state index contributed by atoms with van der Waals surface area (Å²) in [5.74, 6) is 0.0696. The van der Waals surface area contributed by atoms with Gasteiger partial charge in [-0.15, -0.1) is 0 Å². The standard InChI is InChI=1S/C32H32ClN3O4/c1-3-40-29-6-4-5-27(35-29)22-9-7-21(8-10-22)19(2)36-30-24(11-12-26(33)25(30)18-34-36)28(37)13-20-14-32(15-20)16-23(17-32)31(38)39/h4-12,18-20,23H,3,13-17H2,1-2H3,(H,38,39). The van der Waals surface area contributed by atoms with Crippen LogP contribution in [0.5, 0.6) is 5.88 Å². The van der Waals surface area contributed by atoms with Gasteiger partial charge in [0.05, 0.1) is 41.0 Å². The Labute approximate surface area is 238 Å². The highest BCUT2D eigenvalue weighted by molar-refractivity contribution is 6.36. The molecule has 7 nitrogen and oxygen atoms in total. The van der Waals surface area contributed by atoms with Crippen LogP contribution in [-0.4, -0.2) is 38.2 Å². The van der Waals surface area contributed by atoms with E-state index in [1.165, 1.54) is 0 Å². The van der Waals surface area contributed by atoms with Crippen molar-refractivity contribution in [3.63, 3.8) is 0 Å². The van der Waals surface area contributed by atoms with Gasteiger partial charge in [0.1, 0.15) is 0 Å². The normalized spacial score (nSPS) is 22.5. The van der Waals surface area contributed by atoms with Gasteiger partial charge in [0.15, 0.2) is 5.78 Å². The number of carbonyl (C=O) groups excluding carboxylic acids is 1. The topological polar surface area (TPSA) is 94.3 Å². The number of halogens is 1. The van der Waals surface area contributed by atoms with E-state index in [1.54, 1.807) is 12.3 Å². The Kier molecular flexibility index (Phi) is 6.87. The summed E-state index contributed by atoms with van der Waals surface area (Å²) in [4.78, 5) is 29.3. The number of pyridine rings is 1. The number of ether oxygens (including phenoxy) is 1. The molecular weight excluding hydrogens is 526 g/mol. The highest BCUT2D eigenvalue weighted by Gasteiger charge is 2.54. The number of hydrogen-bond acceptors (Lipinski definition) is 5. The van der Waals surface area contributed by atoms with E-state index >= 15 is 0 Å². The molecule has 2 heterocycles. The third-order valence-electron chi connectivity index (χ3n) is 8.70. The van der Waals surface area contributed by atoms with Crippen molar-refractivity contribution in [2.75, 3.05) is 6.61 Å². The summed E-state index contributed by atoms with van der Waals surface area (Å²) in [6.07, 6.45) is 5.55. The minimum atomic E-state index is -0.696. The summed E-state index contributed by atoms with van der Waals surface area (Å²) in [7, 11) is 0. The molecule has 2 aromatic carbocycles. The van der Waals surface area contributed by atoms with Crippen molar-refractivity contribution in [1.29, 1.82) is 0 Å². The Morgan fingerprint density at radius 2 is 1.85 bits per heavy atom. The number of ketones is 1. The zero-order valence-electron chi connectivity index (χ0n) is 22.6. The highest BCUT2D eigenvalue weighted by Crippen LogP contribution is 2.62. The number of aliphatic carboxylic acids is 1. The number of Topliss-reactive ketones (excluding diaryl/α,β-unsaturated/α-hetero) is 1. The van der Waals surface area contributed by atoms with Crippen LogP contribution in [0.2, 0.25) is 5.02 Å². The van der Waals surface area contributed by atoms with E-state index in [2.05, 4.69) is 29.1 Å². The molecule has 1 spiro atoms. The number of carboxylic acids is 1. The lowest BCUT2D eigenvalue weighted by Gasteiger charge is -2.56. The van der Waals surface area contributed by atoms with Gasteiger partial charge in [-0.2, -0.15) is 5.10 Å². The van der Waals surface area contributed by atoms with Gasteiger partial charge < -0.3 is 9.84 Å². The van der Waals surface area contributed by atoms with E-state index in [0.29, 0.717) is 35.4 Å². The first kappa shape index (κ1) is 26.5. The quantitative estimate of drug-likeness (QED) is 0.218. The Balaban J connectivity index is 1.21. The molecule has 206 valence electrons. The van der Waals surface area contributed by atoms with Crippen LogP contribution in [0.25, 0.3) is 22.2 Å². The van der Waals surface area contributed by atoms with Gasteiger partial charge in [0.2, 0.25) is 5.88 Å². The summed E-state index contributed by atoms with van der Waals surface area (Å²) in [5.41, 5.74) is 4.41. The lowest BCUT2D eigenvalue weighted by atomic mass is 9.47. The Morgan fingerprint density at radius 3 is 2.55 bits per heavy atom. The van der Waals surface area contributed by atoms with E-state index in [4.69, 9.17) is 16.3 Å². The third kappa shape index (κ3) is 4.77. The lowest BCUT2D eigenvalue weighted by Crippen LogP contribution is -2.50. The molecule has 1 atom stereocenters. The molecule has 2 saturated carbocycles. The molecule has 40 heavy (non-hydrogen) atoms. The number of benzene rings is 2. The molecule has 0 aliphatic heterocycles. The van der Waals surface area contributed by atoms with Crippen molar-refractivity contribution in [3.8, 4) is 17.1 Å². The number of nitrogens with zero attached hydrogens (tertiary/aromatic N) is 3. The van der Waals surface area contributed by atoms with Gasteiger partial charge >= 0.3 is 5.97 Å². The molecule has 2 aromatic heterocycles. The van der Waals surface area contributed by atoms with Crippen LogP contribution in [0, 0.1) is 17.3 Å². The van der Waals surface area contributed by atoms with E-state index in [-0.39, 0.29) is 23.2 Å². The van der Waals surface area contributed by atoms with Crippen molar-refractivity contribution >= 4 is 34.3 Å². The van der Waals surface area contributed by atoms with Crippen molar-refractivity contribution in [3.05, 3.63) is 76.9 Å². The molecule has 8 heteroatoms. The third-order valence-corrected chi connectivity index (χ3v) is 9.03. The Hall–Kier alpha value is -3.71. The van der Waals surface area contributed by atoms with Gasteiger partial charge in [-0.3, -0.25) is 14.3 Å². The second-order valence-corrected chi connectivity index (χ2v) is 11.8. The minimum absolute atomic E-state index is 0.0835. The number of rotatable bonds is 9. The molecule has 2 fully saturated rings. The number of hydrogen-bond donors (Lipinski definition) is 1. The molecule has 4 aromatic rings. The average Bonchev–Trinajstić information content (AvgIpc) is 3.35. The van der Waals surface area contributed by atoms with Crippen LogP contribution in [0.3, 0.4) is 0 Å². The van der Waals surface area contributed by atoms with Crippen LogP contribution in [0.4, 0.5) is 0 Å². The van der Waals surface area contributed by atoms with E-state index < -0.39 is 5.97 Å². The van der Waals surface area contributed by atoms with Crippen LogP contribution in [0.1, 0.15) is 67.9 Å². The number of fused-ring (bicyclic) bond motifs is 1. The first-order chi connectivity index (χ1) is 19.3. The summed E-state index contributed by atoms with van der Waals surface area (Å²) in [6.45, 7) is 4.56. The summed E-state index contributed by atoms with van der Waals surface area (Å²) in [6, 6.07) is 17.4. The number of aromatic nitrogens is 3. The van der Waals surface area contributed by atoms with E-state index in [0.717, 1.165) is 53.4 Å². The molecule has 2 aliphatic carbocycles. The second kappa shape index (κ2) is 10.4. The Morgan fingerprint density at radius 1 is 1.10 bits per heavy atom. The maximum atomic E-state index is 13.6. The maximum Gasteiger partial charge on any atom is 0.306 e. The first-order valence-electron chi connectivity index (χ1n) is 13.9. The van der Waals surface area contributed by atoms with Crippen molar-refractivity contribution in [1.82, 2.24) is 14.8 Å². The average molecular weight is 558 g/mol. The Bertz CT molecular complexity index is 1580. The predicted molar refractivity (Wildman–Crippen MR) is 154 cm³/mol. The van der Waals surface area contributed by atoms with Crippen LogP contribution in [0.15, 0.2) is 60.8 Å². The van der Waals surface area contributed by atoms with E-state index in [1.807, 2.05) is 48.0 Å². The molecule has 1 unspecified atom stereocenters. The summed E-state index contributed by atoms with van der Waals surface area (Å²) in [5, 5.41) is 15.2. The summed E-state index contributed by atoms with van der Waals surface area (Å²) < 4.78 is 7.44.